The van der Waals surface area contributed by atoms with E-state index in [-0.39, 0.29) is 0 Å². The molecule has 0 saturated heterocycles. The summed E-state index contributed by atoms with van der Waals surface area (Å²) in [5, 5.41) is 9.12. The fourth-order valence-corrected chi connectivity index (χ4v) is 3.08. The van der Waals surface area contributed by atoms with Gasteiger partial charge in [0.25, 0.3) is 0 Å². The van der Waals surface area contributed by atoms with E-state index in [9.17, 15) is 4.79 Å². The molecule has 126 valence electrons. The molecule has 3 aromatic carbocycles. The average Bonchev–Trinajstić information content (AvgIpc) is 2.61. The molecule has 0 aromatic heterocycles. The SMILES string of the molecule is CC(C)c1ccccc1-c1cccc(OC(=O)O)c1-c1ccccc1. The Morgan fingerprint density at radius 3 is 2.16 bits per heavy atom. The molecule has 0 saturated carbocycles. The van der Waals surface area contributed by atoms with Crippen LogP contribution >= 0.6 is 0 Å². The van der Waals surface area contributed by atoms with Crippen LogP contribution in [0, 0.1) is 0 Å². The van der Waals surface area contributed by atoms with Crippen LogP contribution in [0.2, 0.25) is 0 Å². The van der Waals surface area contributed by atoms with Gasteiger partial charge in [-0.2, -0.15) is 0 Å². The average molecular weight is 332 g/mol. The highest BCUT2D eigenvalue weighted by Crippen LogP contribution is 2.41. The van der Waals surface area contributed by atoms with Crippen molar-refractivity contribution in [3.05, 3.63) is 78.4 Å². The minimum Gasteiger partial charge on any atom is -0.449 e. The van der Waals surface area contributed by atoms with Crippen molar-refractivity contribution in [3.8, 4) is 28.0 Å². The fourth-order valence-electron chi connectivity index (χ4n) is 3.08. The topological polar surface area (TPSA) is 46.5 Å². The lowest BCUT2D eigenvalue weighted by Crippen LogP contribution is -2.05. The maximum absolute atomic E-state index is 11.2. The smallest absolute Gasteiger partial charge is 0.449 e. The van der Waals surface area contributed by atoms with E-state index in [0.29, 0.717) is 11.7 Å². The molecule has 25 heavy (non-hydrogen) atoms. The van der Waals surface area contributed by atoms with Gasteiger partial charge in [0.05, 0.1) is 0 Å². The van der Waals surface area contributed by atoms with Crippen LogP contribution in [0.3, 0.4) is 0 Å². The van der Waals surface area contributed by atoms with E-state index in [0.717, 1.165) is 22.3 Å². The van der Waals surface area contributed by atoms with Crippen LogP contribution in [0.25, 0.3) is 22.3 Å². The van der Waals surface area contributed by atoms with Gasteiger partial charge in [-0.1, -0.05) is 80.6 Å². The molecule has 3 heteroatoms. The van der Waals surface area contributed by atoms with Gasteiger partial charge in [0.1, 0.15) is 5.75 Å². The van der Waals surface area contributed by atoms with E-state index in [2.05, 4.69) is 26.0 Å². The molecule has 1 N–H and O–H groups in total. The van der Waals surface area contributed by atoms with E-state index in [4.69, 9.17) is 9.84 Å². The van der Waals surface area contributed by atoms with Crippen LogP contribution in [-0.2, 0) is 0 Å². The van der Waals surface area contributed by atoms with Crippen molar-refractivity contribution in [2.24, 2.45) is 0 Å². The second-order valence-corrected chi connectivity index (χ2v) is 6.15. The van der Waals surface area contributed by atoms with Crippen LogP contribution in [0.15, 0.2) is 72.8 Å². The van der Waals surface area contributed by atoms with E-state index >= 15 is 0 Å². The van der Waals surface area contributed by atoms with Crippen molar-refractivity contribution in [2.75, 3.05) is 0 Å². The molecule has 3 nitrogen and oxygen atoms in total. The molecule has 0 bridgehead atoms. The summed E-state index contributed by atoms with van der Waals surface area (Å²) in [4.78, 5) is 11.2. The van der Waals surface area contributed by atoms with Gasteiger partial charge in [-0.05, 0) is 34.2 Å². The van der Waals surface area contributed by atoms with Crippen LogP contribution in [0.5, 0.6) is 5.75 Å². The van der Waals surface area contributed by atoms with E-state index in [1.54, 1.807) is 6.07 Å². The largest absolute Gasteiger partial charge is 0.511 e. The minimum atomic E-state index is -1.31. The maximum Gasteiger partial charge on any atom is 0.511 e. The number of hydrogen-bond acceptors (Lipinski definition) is 2. The molecule has 0 fully saturated rings. The lowest BCUT2D eigenvalue weighted by Gasteiger charge is -2.18. The molecular formula is C22H20O3. The first-order valence-electron chi connectivity index (χ1n) is 8.26. The molecule has 0 aliphatic heterocycles. The van der Waals surface area contributed by atoms with Crippen LogP contribution in [0.1, 0.15) is 25.3 Å². The third-order valence-electron chi connectivity index (χ3n) is 4.16. The summed E-state index contributed by atoms with van der Waals surface area (Å²) in [5.41, 5.74) is 4.99. The third-order valence-corrected chi connectivity index (χ3v) is 4.16. The first-order valence-corrected chi connectivity index (χ1v) is 8.26. The minimum absolute atomic E-state index is 0.342. The summed E-state index contributed by atoms with van der Waals surface area (Å²) >= 11 is 0. The van der Waals surface area contributed by atoms with Crippen LogP contribution in [-0.4, -0.2) is 11.3 Å². The molecule has 0 aliphatic rings. The summed E-state index contributed by atoms with van der Waals surface area (Å²) < 4.78 is 5.08. The summed E-state index contributed by atoms with van der Waals surface area (Å²) in [7, 11) is 0. The number of carbonyl (C=O) groups is 1. The zero-order valence-corrected chi connectivity index (χ0v) is 14.3. The van der Waals surface area contributed by atoms with Crippen molar-refractivity contribution in [1.82, 2.24) is 0 Å². The fraction of sp³-hybridized carbons (Fsp3) is 0.136. The number of ether oxygens (including phenoxy) is 1. The summed E-state index contributed by atoms with van der Waals surface area (Å²) in [6, 6.07) is 23.5. The van der Waals surface area contributed by atoms with Gasteiger partial charge in [-0.25, -0.2) is 4.79 Å². The Hall–Kier alpha value is -3.07. The van der Waals surface area contributed by atoms with Crippen molar-refractivity contribution in [1.29, 1.82) is 0 Å². The second-order valence-electron chi connectivity index (χ2n) is 6.15. The van der Waals surface area contributed by atoms with Gasteiger partial charge in [0.15, 0.2) is 0 Å². The standard InChI is InChI=1S/C22H20O3/c1-15(2)17-11-6-7-12-18(17)19-13-8-14-20(25-22(23)24)21(19)16-9-4-3-5-10-16/h3-15H,1-2H3,(H,23,24). The first-order chi connectivity index (χ1) is 12.1. The quantitative estimate of drug-likeness (QED) is 0.457. The lowest BCUT2D eigenvalue weighted by atomic mass is 9.88. The van der Waals surface area contributed by atoms with Gasteiger partial charge in [-0.3, -0.25) is 0 Å². The number of benzene rings is 3. The van der Waals surface area contributed by atoms with Gasteiger partial charge in [-0.15, -0.1) is 0 Å². The predicted octanol–water partition coefficient (Wildman–Crippen LogP) is 6.20. The molecule has 3 aromatic rings. The Balaban J connectivity index is 2.29. The van der Waals surface area contributed by atoms with Gasteiger partial charge < -0.3 is 9.84 Å². The maximum atomic E-state index is 11.2. The number of carboxylic acid groups (broad SMARTS) is 1. The molecule has 0 atom stereocenters. The second kappa shape index (κ2) is 7.22. The Labute approximate surface area is 147 Å². The monoisotopic (exact) mass is 332 g/mol. The Kier molecular flexibility index (Phi) is 4.85. The molecule has 0 aliphatic carbocycles. The molecule has 0 heterocycles. The molecule has 0 unspecified atom stereocenters. The van der Waals surface area contributed by atoms with Gasteiger partial charge in [0, 0.05) is 5.56 Å². The molecule has 3 rings (SSSR count). The summed E-state index contributed by atoms with van der Waals surface area (Å²) in [5.74, 6) is 0.693. The van der Waals surface area contributed by atoms with Crippen molar-refractivity contribution >= 4 is 6.16 Å². The Morgan fingerprint density at radius 2 is 1.48 bits per heavy atom. The highest BCUT2D eigenvalue weighted by molar-refractivity contribution is 5.89. The zero-order chi connectivity index (χ0) is 17.8. The van der Waals surface area contributed by atoms with Crippen molar-refractivity contribution in [2.45, 2.75) is 19.8 Å². The Morgan fingerprint density at radius 1 is 0.840 bits per heavy atom. The normalized spacial score (nSPS) is 10.7. The van der Waals surface area contributed by atoms with Gasteiger partial charge >= 0.3 is 6.16 Å². The molecular weight excluding hydrogens is 312 g/mol. The van der Waals surface area contributed by atoms with Gasteiger partial charge in [0.2, 0.25) is 0 Å². The zero-order valence-electron chi connectivity index (χ0n) is 14.3. The van der Waals surface area contributed by atoms with E-state index in [1.807, 2.05) is 54.6 Å². The van der Waals surface area contributed by atoms with E-state index < -0.39 is 6.16 Å². The number of hydrogen-bond donors (Lipinski definition) is 1. The lowest BCUT2D eigenvalue weighted by molar-refractivity contribution is 0.144. The van der Waals surface area contributed by atoms with Crippen LogP contribution < -0.4 is 4.74 Å². The molecule has 0 radical (unpaired) electrons. The van der Waals surface area contributed by atoms with E-state index in [1.165, 1.54) is 5.56 Å². The predicted molar refractivity (Wildman–Crippen MR) is 100 cm³/mol. The summed E-state index contributed by atoms with van der Waals surface area (Å²) in [6.45, 7) is 4.30. The molecule has 0 spiro atoms. The van der Waals surface area contributed by atoms with Crippen LogP contribution in [0.4, 0.5) is 4.79 Å². The molecule has 0 amide bonds. The first kappa shape index (κ1) is 16.8. The highest BCUT2D eigenvalue weighted by atomic mass is 16.7. The Bertz CT molecular complexity index is 883. The number of rotatable bonds is 4. The van der Waals surface area contributed by atoms with Crippen molar-refractivity contribution < 1.29 is 14.6 Å². The van der Waals surface area contributed by atoms with Crippen molar-refractivity contribution in [3.63, 3.8) is 0 Å². The highest BCUT2D eigenvalue weighted by Gasteiger charge is 2.18. The third kappa shape index (κ3) is 3.56. The summed E-state index contributed by atoms with van der Waals surface area (Å²) in [6.07, 6.45) is -1.31.